The molecule has 0 bridgehead atoms. The largest absolute Gasteiger partial charge is 0.496 e. The third-order valence-electron chi connectivity index (χ3n) is 7.87. The first-order valence-electron chi connectivity index (χ1n) is 13.3. The molecule has 0 radical (unpaired) electrons. The van der Waals surface area contributed by atoms with E-state index in [0.29, 0.717) is 28.3 Å². The molecule has 1 amide bonds. The highest BCUT2D eigenvalue weighted by Gasteiger charge is 2.33. The first kappa shape index (κ1) is 27.4. The number of ether oxygens (including phenoxy) is 1. The number of rotatable bonds is 7. The number of methoxy groups -OCH3 is 1. The Morgan fingerprint density at radius 1 is 1.08 bits per heavy atom. The summed E-state index contributed by atoms with van der Waals surface area (Å²) in [5.74, 6) is 1.23. The van der Waals surface area contributed by atoms with Crippen LogP contribution in [0.15, 0.2) is 54.6 Å². The quantitative estimate of drug-likeness (QED) is 0.262. The van der Waals surface area contributed by atoms with Crippen LogP contribution < -0.4 is 10.5 Å². The van der Waals surface area contributed by atoms with Crippen molar-refractivity contribution in [1.82, 2.24) is 14.8 Å². The van der Waals surface area contributed by atoms with Gasteiger partial charge in [0.2, 0.25) is 0 Å². The van der Waals surface area contributed by atoms with Gasteiger partial charge in [0.15, 0.2) is 0 Å². The second-order valence-corrected chi connectivity index (χ2v) is 11.9. The Bertz CT molecular complexity index is 1490. The van der Waals surface area contributed by atoms with Gasteiger partial charge in [-0.3, -0.25) is 4.79 Å². The number of carbonyl (C=O) groups excluding carboxylic acids is 1. The number of hydrogen-bond acceptors (Lipinski definition) is 6. The number of pyridine rings is 1. The van der Waals surface area contributed by atoms with E-state index in [1.165, 1.54) is 11.3 Å². The van der Waals surface area contributed by atoms with Crippen LogP contribution >= 0.6 is 22.9 Å². The molecule has 1 fully saturated rings. The van der Waals surface area contributed by atoms with Gasteiger partial charge in [0.1, 0.15) is 16.4 Å². The third kappa shape index (κ3) is 5.62. The Kier molecular flexibility index (Phi) is 8.12. The number of anilines is 1. The molecule has 0 atom stereocenters. The molecular weight excluding hydrogens is 528 g/mol. The zero-order valence-corrected chi connectivity index (χ0v) is 24.5. The van der Waals surface area contributed by atoms with Gasteiger partial charge in [0.05, 0.1) is 12.1 Å². The number of fused-ring (bicyclic) bond motifs is 1. The number of halogens is 1. The maximum Gasteiger partial charge on any atom is 0.266 e. The number of aromatic nitrogens is 1. The average Bonchev–Trinajstić information content (AvgIpc) is 3.27. The molecule has 5 rings (SSSR count). The van der Waals surface area contributed by atoms with Gasteiger partial charge in [0.25, 0.3) is 5.91 Å². The molecule has 39 heavy (non-hydrogen) atoms. The molecule has 0 saturated heterocycles. The molecular formula is C31H35ClN4O2S. The highest BCUT2D eigenvalue weighted by atomic mass is 35.5. The summed E-state index contributed by atoms with van der Waals surface area (Å²) in [6, 6.07) is 18.5. The summed E-state index contributed by atoms with van der Waals surface area (Å²) in [6.07, 6.45) is 3.99. The second-order valence-electron chi connectivity index (χ2n) is 10.5. The van der Waals surface area contributed by atoms with E-state index in [-0.39, 0.29) is 11.9 Å². The Balaban J connectivity index is 1.53. The van der Waals surface area contributed by atoms with Gasteiger partial charge in [-0.15, -0.1) is 11.3 Å². The summed E-state index contributed by atoms with van der Waals surface area (Å²) in [5, 5.41) is 1.46. The predicted octanol–water partition coefficient (Wildman–Crippen LogP) is 7.03. The summed E-state index contributed by atoms with van der Waals surface area (Å²) < 4.78 is 6.80. The fraction of sp³-hybridized carbons (Fsp3) is 0.355. The molecule has 2 N–H and O–H groups in total. The number of hydrogen-bond donors (Lipinski definition) is 1. The van der Waals surface area contributed by atoms with Crippen LogP contribution in [0.1, 0.15) is 46.6 Å². The minimum atomic E-state index is -0.0210. The Hall–Kier alpha value is -3.13. The highest BCUT2D eigenvalue weighted by molar-refractivity contribution is 7.21. The number of amides is 1. The van der Waals surface area contributed by atoms with E-state index in [9.17, 15) is 4.79 Å². The molecule has 1 aliphatic rings. The zero-order valence-electron chi connectivity index (χ0n) is 22.9. The molecule has 4 aromatic rings. The van der Waals surface area contributed by atoms with Crippen molar-refractivity contribution < 1.29 is 9.53 Å². The van der Waals surface area contributed by atoms with Gasteiger partial charge in [0, 0.05) is 45.5 Å². The normalized spacial score (nSPS) is 17.5. The lowest BCUT2D eigenvalue weighted by Gasteiger charge is -2.39. The van der Waals surface area contributed by atoms with Crippen molar-refractivity contribution in [2.75, 3.05) is 26.9 Å². The highest BCUT2D eigenvalue weighted by Crippen LogP contribution is 2.38. The number of nitrogens with two attached hydrogens (primary N) is 1. The minimum absolute atomic E-state index is 0.0210. The molecule has 2 aromatic carbocycles. The van der Waals surface area contributed by atoms with Crippen LogP contribution in [0.5, 0.6) is 5.75 Å². The smallest absolute Gasteiger partial charge is 0.266 e. The van der Waals surface area contributed by atoms with Gasteiger partial charge in [-0.1, -0.05) is 35.9 Å². The number of aryl methyl sites for hydroxylation is 1. The van der Waals surface area contributed by atoms with Gasteiger partial charge in [-0.2, -0.15) is 0 Å². The van der Waals surface area contributed by atoms with Crippen LogP contribution in [0, 0.1) is 6.92 Å². The lowest BCUT2D eigenvalue weighted by atomic mass is 9.89. The topological polar surface area (TPSA) is 71.7 Å². The van der Waals surface area contributed by atoms with Gasteiger partial charge < -0.3 is 20.3 Å². The number of nitrogen functional groups attached to an aromatic ring is 1. The summed E-state index contributed by atoms with van der Waals surface area (Å²) >= 11 is 8.28. The van der Waals surface area contributed by atoms with Crippen LogP contribution in [0.25, 0.3) is 21.2 Å². The number of nitrogens with zero attached hydrogens (tertiary/aromatic N) is 3. The van der Waals surface area contributed by atoms with Crippen molar-refractivity contribution in [2.24, 2.45) is 0 Å². The van der Waals surface area contributed by atoms with Crippen LogP contribution in [0.3, 0.4) is 0 Å². The Morgan fingerprint density at radius 2 is 1.79 bits per heavy atom. The predicted molar refractivity (Wildman–Crippen MR) is 162 cm³/mol. The fourth-order valence-electron chi connectivity index (χ4n) is 5.67. The first-order chi connectivity index (χ1) is 18.8. The Morgan fingerprint density at radius 3 is 2.46 bits per heavy atom. The van der Waals surface area contributed by atoms with E-state index in [2.05, 4.69) is 30.0 Å². The number of benzene rings is 2. The molecule has 0 spiro atoms. The van der Waals surface area contributed by atoms with Gasteiger partial charge >= 0.3 is 0 Å². The van der Waals surface area contributed by atoms with Gasteiger partial charge in [-0.25, -0.2) is 4.98 Å². The average molecular weight is 563 g/mol. The van der Waals surface area contributed by atoms with E-state index in [0.717, 1.165) is 63.9 Å². The monoisotopic (exact) mass is 562 g/mol. The number of carbonyl (C=O) groups is 1. The standard InChI is InChI=1S/C31H35ClN4O2S/c1-19-24(14-16-28(33)34-19)20-9-15-26(38-4)21(17-20)18-36(23-12-10-22(11-13-23)35(2)3)31(37)30-29(32)25-7-5-6-8-27(25)39-30/h5-9,14-17,22-23H,10-13,18H2,1-4H3,(H2,33,34)/t22-,23-. The number of thiophene rings is 1. The van der Waals surface area contributed by atoms with E-state index in [1.54, 1.807) is 7.11 Å². The van der Waals surface area contributed by atoms with Crippen LogP contribution in [0.2, 0.25) is 5.02 Å². The molecule has 0 unspecified atom stereocenters. The van der Waals surface area contributed by atoms with Crippen LogP contribution in [-0.2, 0) is 6.54 Å². The van der Waals surface area contributed by atoms with Crippen molar-refractivity contribution in [2.45, 2.75) is 51.2 Å². The van der Waals surface area contributed by atoms with Crippen molar-refractivity contribution in [3.63, 3.8) is 0 Å². The van der Waals surface area contributed by atoms with E-state index in [1.807, 2.05) is 60.4 Å². The molecule has 1 saturated carbocycles. The third-order valence-corrected chi connectivity index (χ3v) is 9.53. The van der Waals surface area contributed by atoms with Crippen molar-refractivity contribution in [1.29, 1.82) is 0 Å². The van der Waals surface area contributed by atoms with E-state index < -0.39 is 0 Å². The second kappa shape index (κ2) is 11.5. The fourth-order valence-corrected chi connectivity index (χ4v) is 7.14. The summed E-state index contributed by atoms with van der Waals surface area (Å²) in [7, 11) is 5.94. The maximum absolute atomic E-state index is 14.3. The lowest BCUT2D eigenvalue weighted by molar-refractivity contribution is 0.0573. The molecule has 2 heterocycles. The van der Waals surface area contributed by atoms with Crippen molar-refractivity contribution >= 4 is 44.7 Å². The molecule has 204 valence electrons. The SMILES string of the molecule is COc1ccc(-c2ccc(N)nc2C)cc1CN(C(=O)c1sc2ccccc2c1Cl)[C@H]1CC[C@H](N(C)C)CC1. The lowest BCUT2D eigenvalue weighted by Crippen LogP contribution is -2.44. The maximum atomic E-state index is 14.3. The van der Waals surface area contributed by atoms with E-state index in [4.69, 9.17) is 22.1 Å². The van der Waals surface area contributed by atoms with Gasteiger partial charge in [-0.05, 0) is 82.6 Å². The summed E-state index contributed by atoms with van der Waals surface area (Å²) in [4.78, 5) is 23.6. The molecule has 1 aliphatic carbocycles. The first-order valence-corrected chi connectivity index (χ1v) is 14.5. The molecule has 2 aromatic heterocycles. The summed E-state index contributed by atoms with van der Waals surface area (Å²) in [5.41, 5.74) is 9.73. The summed E-state index contributed by atoms with van der Waals surface area (Å²) in [6.45, 7) is 2.39. The zero-order chi connectivity index (χ0) is 27.7. The minimum Gasteiger partial charge on any atom is -0.496 e. The van der Waals surface area contributed by atoms with Crippen LogP contribution in [-0.4, -0.2) is 54.0 Å². The van der Waals surface area contributed by atoms with Crippen molar-refractivity contribution in [3.05, 3.63) is 75.8 Å². The molecule has 8 heteroatoms. The Labute approximate surface area is 239 Å². The molecule has 6 nitrogen and oxygen atoms in total. The van der Waals surface area contributed by atoms with E-state index >= 15 is 0 Å². The van der Waals surface area contributed by atoms with Crippen LogP contribution in [0.4, 0.5) is 5.82 Å². The molecule has 0 aliphatic heterocycles. The van der Waals surface area contributed by atoms with Crippen molar-refractivity contribution in [3.8, 4) is 16.9 Å².